The van der Waals surface area contributed by atoms with E-state index < -0.39 is 0 Å². The number of ketones is 2. The minimum Gasteiger partial charge on any atom is -0.304 e. The Kier molecular flexibility index (Phi) is 9.35. The summed E-state index contributed by atoms with van der Waals surface area (Å²) < 4.78 is 0. The van der Waals surface area contributed by atoms with Gasteiger partial charge in [-0.05, 0) is 30.7 Å². The van der Waals surface area contributed by atoms with E-state index in [-0.39, 0.29) is 38.1 Å². The van der Waals surface area contributed by atoms with Crippen LogP contribution in [0.5, 0.6) is 0 Å². The summed E-state index contributed by atoms with van der Waals surface area (Å²) in [6.07, 6.45) is 1.99. The third-order valence-corrected chi connectivity index (χ3v) is 3.35. The van der Waals surface area contributed by atoms with Crippen molar-refractivity contribution in [2.75, 3.05) is 0 Å². The average molecular weight is 523 g/mol. The van der Waals surface area contributed by atoms with E-state index in [4.69, 9.17) is 0 Å². The summed E-state index contributed by atoms with van der Waals surface area (Å²) in [5, 5.41) is 0. The summed E-state index contributed by atoms with van der Waals surface area (Å²) in [5.41, 5.74) is 4.30. The van der Waals surface area contributed by atoms with E-state index in [1.807, 2.05) is 54.7 Å². The van der Waals surface area contributed by atoms with Gasteiger partial charge in [0.05, 0.1) is 6.42 Å². The van der Waals surface area contributed by atoms with Gasteiger partial charge in [0.25, 0.3) is 0 Å². The number of hydrogen-bond donors (Lipinski definition) is 0. The predicted octanol–water partition coefficient (Wildman–Crippen LogP) is 4.77. The molecular weight excluding hydrogens is 502 g/mol. The van der Waals surface area contributed by atoms with Crippen LogP contribution in [0.2, 0.25) is 0 Å². The molecule has 0 saturated carbocycles. The standard InChI is InChI=1S/C17H12N.C5H8O2.Ir/c1-3-7-14(8-4-1)16-11-12-17(18-13-16)15-9-5-2-6-10-15;1-4(6)3-5(2)7;/h1-9,11-13H;3H2,1-2H3;/q-1;;. The Hall–Kier alpha value is -2.42. The zero-order chi connectivity index (χ0) is 18.1. The van der Waals surface area contributed by atoms with Crippen LogP contribution in [-0.4, -0.2) is 16.6 Å². The second-order valence-electron chi connectivity index (χ2n) is 5.66. The molecule has 0 aliphatic rings. The molecule has 1 heterocycles. The summed E-state index contributed by atoms with van der Waals surface area (Å²) >= 11 is 0. The van der Waals surface area contributed by atoms with E-state index in [2.05, 4.69) is 29.2 Å². The van der Waals surface area contributed by atoms with Crippen LogP contribution < -0.4 is 0 Å². The van der Waals surface area contributed by atoms with Gasteiger partial charge in [0.1, 0.15) is 11.6 Å². The first-order chi connectivity index (χ1) is 12.1. The first kappa shape index (κ1) is 21.6. The largest absolute Gasteiger partial charge is 0.304 e. The third-order valence-electron chi connectivity index (χ3n) is 3.35. The van der Waals surface area contributed by atoms with Crippen molar-refractivity contribution in [3.8, 4) is 22.4 Å². The molecule has 1 aromatic heterocycles. The molecule has 0 unspecified atom stereocenters. The molecule has 26 heavy (non-hydrogen) atoms. The number of pyridine rings is 1. The second kappa shape index (κ2) is 11.2. The fraction of sp³-hybridized carbons (Fsp3) is 0.136. The Bertz CT molecular complexity index is 745. The first-order valence-electron chi connectivity index (χ1n) is 8.03. The number of rotatable bonds is 4. The minimum atomic E-state index is -0.0625. The quantitative estimate of drug-likeness (QED) is 0.367. The van der Waals surface area contributed by atoms with Gasteiger partial charge in [-0.3, -0.25) is 9.59 Å². The van der Waals surface area contributed by atoms with Crippen molar-refractivity contribution in [3.63, 3.8) is 0 Å². The van der Waals surface area contributed by atoms with Gasteiger partial charge >= 0.3 is 0 Å². The number of carbonyl (C=O) groups excluding carboxylic acids is 2. The molecular formula is C22H20IrNO2-. The van der Waals surface area contributed by atoms with Crippen molar-refractivity contribution < 1.29 is 29.7 Å². The number of nitrogens with zero attached hydrogens (tertiary/aromatic N) is 1. The zero-order valence-electron chi connectivity index (χ0n) is 14.7. The molecule has 0 amide bonds. The summed E-state index contributed by atoms with van der Waals surface area (Å²) in [6.45, 7) is 2.81. The second-order valence-corrected chi connectivity index (χ2v) is 5.66. The molecule has 2 aromatic carbocycles. The smallest absolute Gasteiger partial charge is 0.137 e. The van der Waals surface area contributed by atoms with Crippen LogP contribution in [0.15, 0.2) is 72.9 Å². The third kappa shape index (κ3) is 7.22. The SMILES string of the molecule is CC(=O)CC(C)=O.[Ir].[c-]1ccccc1-c1ccc(-c2ccccc2)cn1. The molecule has 0 aliphatic heterocycles. The van der Waals surface area contributed by atoms with Crippen LogP contribution in [-0.2, 0) is 29.7 Å². The van der Waals surface area contributed by atoms with E-state index >= 15 is 0 Å². The van der Waals surface area contributed by atoms with Gasteiger partial charge in [0.15, 0.2) is 0 Å². The summed E-state index contributed by atoms with van der Waals surface area (Å²) in [6, 6.07) is 25.5. The molecule has 0 fully saturated rings. The van der Waals surface area contributed by atoms with Gasteiger partial charge in [0, 0.05) is 26.3 Å². The molecule has 0 spiro atoms. The van der Waals surface area contributed by atoms with Crippen LogP contribution in [0, 0.1) is 6.07 Å². The number of carbonyl (C=O) groups is 2. The van der Waals surface area contributed by atoms with Crippen molar-refractivity contribution >= 4 is 11.6 Å². The number of hydrogen-bond acceptors (Lipinski definition) is 3. The Morgan fingerprint density at radius 1 is 0.846 bits per heavy atom. The van der Waals surface area contributed by atoms with Crippen LogP contribution in [0.25, 0.3) is 22.4 Å². The van der Waals surface area contributed by atoms with E-state index in [1.165, 1.54) is 19.4 Å². The maximum Gasteiger partial charge on any atom is 0.137 e. The first-order valence-corrected chi connectivity index (χ1v) is 8.03. The van der Waals surface area contributed by atoms with E-state index in [0.717, 1.165) is 16.8 Å². The summed E-state index contributed by atoms with van der Waals surface area (Å²) in [4.78, 5) is 24.6. The van der Waals surface area contributed by atoms with E-state index in [1.54, 1.807) is 0 Å². The zero-order valence-corrected chi connectivity index (χ0v) is 17.1. The Labute approximate surface area is 167 Å². The Balaban J connectivity index is 0.000000366. The Morgan fingerprint density at radius 3 is 1.96 bits per heavy atom. The number of aromatic nitrogens is 1. The number of benzene rings is 2. The van der Waals surface area contributed by atoms with Crippen LogP contribution in [0.1, 0.15) is 20.3 Å². The van der Waals surface area contributed by atoms with Crippen molar-refractivity contribution in [3.05, 3.63) is 79.0 Å². The van der Waals surface area contributed by atoms with Crippen molar-refractivity contribution in [1.82, 2.24) is 4.98 Å². The van der Waals surface area contributed by atoms with Gasteiger partial charge in [-0.1, -0.05) is 42.5 Å². The molecule has 3 rings (SSSR count). The molecule has 4 heteroatoms. The van der Waals surface area contributed by atoms with Crippen LogP contribution >= 0.6 is 0 Å². The molecule has 0 bridgehead atoms. The van der Waals surface area contributed by atoms with Crippen LogP contribution in [0.3, 0.4) is 0 Å². The van der Waals surface area contributed by atoms with Gasteiger partial charge in [-0.25, -0.2) is 0 Å². The topological polar surface area (TPSA) is 47.0 Å². The molecule has 3 aromatic rings. The normalized spacial score (nSPS) is 9.31. The van der Waals surface area contributed by atoms with E-state index in [9.17, 15) is 9.59 Å². The Morgan fingerprint density at radius 2 is 1.50 bits per heavy atom. The van der Waals surface area contributed by atoms with E-state index in [0.29, 0.717) is 0 Å². The van der Waals surface area contributed by atoms with Crippen molar-refractivity contribution in [2.45, 2.75) is 20.3 Å². The van der Waals surface area contributed by atoms with Crippen LogP contribution in [0.4, 0.5) is 0 Å². The maximum atomic E-state index is 10.0. The molecule has 0 saturated heterocycles. The van der Waals surface area contributed by atoms with Gasteiger partial charge in [-0.15, -0.1) is 35.9 Å². The molecule has 0 N–H and O–H groups in total. The fourth-order valence-corrected chi connectivity index (χ4v) is 2.26. The molecule has 135 valence electrons. The minimum absolute atomic E-state index is 0. The molecule has 0 aliphatic carbocycles. The van der Waals surface area contributed by atoms with Gasteiger partial charge in [0.2, 0.25) is 0 Å². The van der Waals surface area contributed by atoms with Crippen molar-refractivity contribution in [1.29, 1.82) is 0 Å². The molecule has 3 nitrogen and oxygen atoms in total. The van der Waals surface area contributed by atoms with Gasteiger partial charge in [-0.2, -0.15) is 0 Å². The fourth-order valence-electron chi connectivity index (χ4n) is 2.26. The average Bonchev–Trinajstić information content (AvgIpc) is 2.63. The number of Topliss-reactive ketones (excluding diaryl/α,β-unsaturated/α-hetero) is 2. The maximum absolute atomic E-state index is 10.0. The summed E-state index contributed by atoms with van der Waals surface area (Å²) in [5.74, 6) is -0.125. The van der Waals surface area contributed by atoms with Crippen molar-refractivity contribution in [2.24, 2.45) is 0 Å². The predicted molar refractivity (Wildman–Crippen MR) is 99.9 cm³/mol. The summed E-state index contributed by atoms with van der Waals surface area (Å²) in [7, 11) is 0. The monoisotopic (exact) mass is 523 g/mol. The molecule has 0 atom stereocenters. The van der Waals surface area contributed by atoms with Gasteiger partial charge < -0.3 is 4.98 Å². The molecule has 1 radical (unpaired) electrons.